The predicted molar refractivity (Wildman–Crippen MR) is 68.8 cm³/mol. The lowest BCUT2D eigenvalue weighted by atomic mass is 10.1. The Bertz CT molecular complexity index is 434. The summed E-state index contributed by atoms with van der Waals surface area (Å²) in [5, 5.41) is 2.81. The molecule has 0 bridgehead atoms. The fourth-order valence-electron chi connectivity index (χ4n) is 1.89. The van der Waals surface area contributed by atoms with Crippen LogP contribution < -0.4 is 10.1 Å². The van der Waals surface area contributed by atoms with Gasteiger partial charge in [0.2, 0.25) is 0 Å². The molecule has 1 aliphatic heterocycles. The molecule has 0 unspecified atom stereocenters. The fraction of sp³-hybridized carbons (Fsp3) is 0.462. The van der Waals surface area contributed by atoms with Gasteiger partial charge in [0.15, 0.2) is 6.61 Å². The number of carbonyl (C=O) groups excluding carboxylic acids is 1. The van der Waals surface area contributed by atoms with Gasteiger partial charge in [-0.2, -0.15) is 0 Å². The number of carbonyl (C=O) groups is 1. The average molecular weight is 250 g/mol. The summed E-state index contributed by atoms with van der Waals surface area (Å²) in [5.41, 5.74) is 1.93. The number of hydrogen-bond donors (Lipinski definition) is 1. The van der Waals surface area contributed by atoms with E-state index in [0.29, 0.717) is 6.73 Å². The van der Waals surface area contributed by atoms with Gasteiger partial charge in [-0.3, -0.25) is 9.69 Å². The zero-order chi connectivity index (χ0) is 13.0. The molecular formula is C13H18N2O3. The fourth-order valence-corrected chi connectivity index (χ4v) is 1.89. The Hall–Kier alpha value is -1.59. The lowest BCUT2D eigenvalue weighted by Crippen LogP contribution is -2.26. The predicted octanol–water partition coefficient (Wildman–Crippen LogP) is 1.10. The number of anilines is 1. The van der Waals surface area contributed by atoms with E-state index in [-0.39, 0.29) is 12.5 Å². The molecule has 2 rings (SSSR count). The van der Waals surface area contributed by atoms with Gasteiger partial charge >= 0.3 is 0 Å². The van der Waals surface area contributed by atoms with Crippen LogP contribution in [0.1, 0.15) is 5.56 Å². The SMILES string of the molecule is COCN(C)CCc1ccc2c(c1)NC(=O)CO2. The highest BCUT2D eigenvalue weighted by molar-refractivity contribution is 5.95. The summed E-state index contributed by atoms with van der Waals surface area (Å²) < 4.78 is 10.4. The van der Waals surface area contributed by atoms with Crippen molar-refractivity contribution in [2.45, 2.75) is 6.42 Å². The largest absolute Gasteiger partial charge is 0.482 e. The third-order valence-electron chi connectivity index (χ3n) is 2.81. The molecule has 0 saturated carbocycles. The van der Waals surface area contributed by atoms with Crippen molar-refractivity contribution in [1.29, 1.82) is 0 Å². The second-order valence-corrected chi connectivity index (χ2v) is 4.41. The number of benzene rings is 1. The number of fused-ring (bicyclic) bond motifs is 1. The van der Waals surface area contributed by atoms with Crippen molar-refractivity contribution in [1.82, 2.24) is 4.90 Å². The Labute approximate surface area is 107 Å². The average Bonchev–Trinajstić information content (AvgIpc) is 2.36. The van der Waals surface area contributed by atoms with Crippen LogP contribution in [-0.2, 0) is 16.0 Å². The number of ether oxygens (including phenoxy) is 2. The highest BCUT2D eigenvalue weighted by Gasteiger charge is 2.15. The molecule has 1 heterocycles. The van der Waals surface area contributed by atoms with E-state index in [2.05, 4.69) is 10.2 Å². The molecule has 1 aromatic carbocycles. The number of rotatable bonds is 5. The van der Waals surface area contributed by atoms with Crippen molar-refractivity contribution in [2.75, 3.05) is 39.4 Å². The van der Waals surface area contributed by atoms with Gasteiger partial charge in [0, 0.05) is 13.7 Å². The first-order valence-corrected chi connectivity index (χ1v) is 5.92. The van der Waals surface area contributed by atoms with Crippen LogP contribution in [0.3, 0.4) is 0 Å². The van der Waals surface area contributed by atoms with Gasteiger partial charge in [0.25, 0.3) is 5.91 Å². The zero-order valence-electron chi connectivity index (χ0n) is 10.7. The smallest absolute Gasteiger partial charge is 0.262 e. The number of likely N-dealkylation sites (N-methyl/N-ethyl adjacent to an activating group) is 1. The number of methoxy groups -OCH3 is 1. The summed E-state index contributed by atoms with van der Waals surface area (Å²) in [6, 6.07) is 5.89. The molecule has 0 aliphatic carbocycles. The molecule has 0 spiro atoms. The molecule has 0 fully saturated rings. The van der Waals surface area contributed by atoms with Crippen molar-refractivity contribution in [3.05, 3.63) is 23.8 Å². The number of hydrogen-bond acceptors (Lipinski definition) is 4. The molecule has 1 N–H and O–H groups in total. The Morgan fingerprint density at radius 1 is 1.50 bits per heavy atom. The van der Waals surface area contributed by atoms with Crippen molar-refractivity contribution in [3.8, 4) is 5.75 Å². The molecular weight excluding hydrogens is 232 g/mol. The molecule has 1 aliphatic rings. The summed E-state index contributed by atoms with van der Waals surface area (Å²) >= 11 is 0. The second-order valence-electron chi connectivity index (χ2n) is 4.41. The van der Waals surface area contributed by atoms with E-state index in [9.17, 15) is 4.79 Å². The van der Waals surface area contributed by atoms with Gasteiger partial charge in [-0.25, -0.2) is 0 Å². The van der Waals surface area contributed by atoms with E-state index in [4.69, 9.17) is 9.47 Å². The third-order valence-corrected chi connectivity index (χ3v) is 2.81. The minimum atomic E-state index is -0.101. The van der Waals surface area contributed by atoms with E-state index in [1.165, 1.54) is 5.56 Å². The maximum absolute atomic E-state index is 11.2. The number of amides is 1. The van der Waals surface area contributed by atoms with E-state index in [1.54, 1.807) is 7.11 Å². The Morgan fingerprint density at radius 3 is 3.11 bits per heavy atom. The normalized spacial score (nSPS) is 14.1. The van der Waals surface area contributed by atoms with Crippen molar-refractivity contribution in [3.63, 3.8) is 0 Å². The highest BCUT2D eigenvalue weighted by atomic mass is 16.5. The first-order valence-electron chi connectivity index (χ1n) is 5.92. The molecule has 5 heteroatoms. The summed E-state index contributed by atoms with van der Waals surface area (Å²) in [6.45, 7) is 1.62. The molecule has 0 aromatic heterocycles. The van der Waals surface area contributed by atoms with Gasteiger partial charge in [-0.1, -0.05) is 6.07 Å². The lowest BCUT2D eigenvalue weighted by Gasteiger charge is -2.19. The monoisotopic (exact) mass is 250 g/mol. The number of nitrogens with one attached hydrogen (secondary N) is 1. The van der Waals surface area contributed by atoms with Crippen LogP contribution in [0.15, 0.2) is 18.2 Å². The Morgan fingerprint density at radius 2 is 2.33 bits per heavy atom. The first kappa shape index (κ1) is 12.9. The second kappa shape index (κ2) is 5.84. The van der Waals surface area contributed by atoms with Crippen LogP contribution in [0.4, 0.5) is 5.69 Å². The van der Waals surface area contributed by atoms with E-state index < -0.39 is 0 Å². The van der Waals surface area contributed by atoms with Crippen LogP contribution in [0.2, 0.25) is 0 Å². The quantitative estimate of drug-likeness (QED) is 0.795. The van der Waals surface area contributed by atoms with Crippen molar-refractivity contribution < 1.29 is 14.3 Å². The summed E-state index contributed by atoms with van der Waals surface area (Å²) in [5.74, 6) is 0.639. The molecule has 1 amide bonds. The summed E-state index contributed by atoms with van der Waals surface area (Å²) in [7, 11) is 3.69. The van der Waals surface area contributed by atoms with Crippen molar-refractivity contribution >= 4 is 11.6 Å². The number of nitrogens with zero attached hydrogens (tertiary/aromatic N) is 1. The standard InChI is InChI=1S/C13H18N2O3/c1-15(9-17-2)6-5-10-3-4-12-11(7-10)14-13(16)8-18-12/h3-4,7H,5-6,8-9H2,1-2H3,(H,14,16). The highest BCUT2D eigenvalue weighted by Crippen LogP contribution is 2.28. The topological polar surface area (TPSA) is 50.8 Å². The molecule has 98 valence electrons. The maximum atomic E-state index is 11.2. The van der Waals surface area contributed by atoms with Crippen LogP contribution >= 0.6 is 0 Å². The molecule has 0 atom stereocenters. The van der Waals surface area contributed by atoms with Crippen LogP contribution in [0.25, 0.3) is 0 Å². The Balaban J connectivity index is 1.98. The summed E-state index contributed by atoms with van der Waals surface area (Å²) in [4.78, 5) is 13.3. The van der Waals surface area contributed by atoms with E-state index in [0.717, 1.165) is 24.4 Å². The third kappa shape index (κ3) is 3.21. The van der Waals surface area contributed by atoms with Crippen molar-refractivity contribution in [2.24, 2.45) is 0 Å². The molecule has 0 saturated heterocycles. The molecule has 0 radical (unpaired) electrons. The van der Waals surface area contributed by atoms with E-state index in [1.807, 2.05) is 25.2 Å². The lowest BCUT2D eigenvalue weighted by molar-refractivity contribution is -0.118. The van der Waals surface area contributed by atoms with E-state index >= 15 is 0 Å². The van der Waals surface area contributed by atoms with Gasteiger partial charge in [-0.05, 0) is 31.2 Å². The Kier molecular flexibility index (Phi) is 4.17. The van der Waals surface area contributed by atoms with Gasteiger partial charge in [0.05, 0.1) is 12.4 Å². The minimum Gasteiger partial charge on any atom is -0.482 e. The molecule has 5 nitrogen and oxygen atoms in total. The van der Waals surface area contributed by atoms with Gasteiger partial charge < -0.3 is 14.8 Å². The zero-order valence-corrected chi connectivity index (χ0v) is 10.7. The molecule has 1 aromatic rings. The maximum Gasteiger partial charge on any atom is 0.262 e. The van der Waals surface area contributed by atoms with Crippen LogP contribution in [0.5, 0.6) is 5.75 Å². The summed E-state index contributed by atoms with van der Waals surface area (Å²) in [6.07, 6.45) is 0.906. The van der Waals surface area contributed by atoms with Gasteiger partial charge in [0.1, 0.15) is 5.75 Å². The van der Waals surface area contributed by atoms with Gasteiger partial charge in [-0.15, -0.1) is 0 Å². The van der Waals surface area contributed by atoms with Crippen LogP contribution in [0, 0.1) is 0 Å². The molecule has 18 heavy (non-hydrogen) atoms. The minimum absolute atomic E-state index is 0.100. The van der Waals surface area contributed by atoms with Crippen LogP contribution in [-0.4, -0.2) is 44.8 Å². The first-order chi connectivity index (χ1) is 8.69.